The van der Waals surface area contributed by atoms with Gasteiger partial charge in [-0.15, -0.1) is 5.10 Å². The average molecular weight is 555 g/mol. The lowest BCUT2D eigenvalue weighted by Gasteiger charge is -2.34. The van der Waals surface area contributed by atoms with Crippen LogP contribution < -0.4 is 0 Å². The van der Waals surface area contributed by atoms with Gasteiger partial charge in [0.2, 0.25) is 0 Å². The van der Waals surface area contributed by atoms with Gasteiger partial charge in [-0.05, 0) is 91.6 Å². The number of amides is 1. The molecule has 0 saturated carbocycles. The molecule has 4 aromatic rings. The van der Waals surface area contributed by atoms with Crippen molar-refractivity contribution in [3.05, 3.63) is 93.8 Å². The predicted molar refractivity (Wildman–Crippen MR) is 154 cm³/mol. The maximum absolute atomic E-state index is 15.1. The molecule has 1 atom stereocenters. The number of carboxylic acid groups (broad SMARTS) is 1. The Labute approximate surface area is 239 Å². The Balaban J connectivity index is 1.44. The molecule has 212 valence electrons. The highest BCUT2D eigenvalue weighted by molar-refractivity contribution is 5.94. The van der Waals surface area contributed by atoms with Crippen LogP contribution in [0.1, 0.15) is 83.6 Å². The van der Waals surface area contributed by atoms with Crippen molar-refractivity contribution in [1.29, 1.82) is 0 Å². The molecule has 9 bridgehead atoms. The first kappa shape index (κ1) is 27.1. The Bertz CT molecular complexity index is 1640. The molecule has 5 aliphatic heterocycles. The molecule has 3 aromatic carbocycles. The molecule has 0 fully saturated rings. The summed E-state index contributed by atoms with van der Waals surface area (Å²) in [5, 5.41) is 19.1. The molecule has 1 amide bonds. The number of nitrogens with zero attached hydrogens (tertiary/aromatic N) is 4. The quantitative estimate of drug-likeness (QED) is 0.322. The fourth-order valence-electron chi connectivity index (χ4n) is 6.42. The Hall–Kier alpha value is -4.07. The molecule has 0 spiro atoms. The van der Waals surface area contributed by atoms with Gasteiger partial charge in [-0.3, -0.25) is 9.59 Å². The summed E-state index contributed by atoms with van der Waals surface area (Å²) in [4.78, 5) is 27.7. The second-order valence-electron chi connectivity index (χ2n) is 12.0. The van der Waals surface area contributed by atoms with Gasteiger partial charge in [0.15, 0.2) is 0 Å². The lowest BCUT2D eigenvalue weighted by atomic mass is 9.70. The molecule has 0 radical (unpaired) electrons. The second-order valence-corrected chi connectivity index (χ2v) is 12.0. The van der Waals surface area contributed by atoms with Crippen molar-refractivity contribution in [3.63, 3.8) is 0 Å². The fraction of sp³-hybridized carbons (Fsp3) is 0.394. The third-order valence-corrected chi connectivity index (χ3v) is 8.86. The van der Waals surface area contributed by atoms with E-state index in [1.54, 1.807) is 24.8 Å². The van der Waals surface area contributed by atoms with Crippen LogP contribution in [0.4, 0.5) is 4.39 Å². The molecule has 7 nitrogen and oxygen atoms in total. The molecule has 8 heteroatoms. The highest BCUT2D eigenvalue weighted by atomic mass is 19.1. The van der Waals surface area contributed by atoms with Gasteiger partial charge in [0, 0.05) is 25.6 Å². The van der Waals surface area contributed by atoms with E-state index in [0.717, 1.165) is 77.5 Å². The number of rotatable bonds is 2. The standard InChI is InChI=1S/C33H35FN4O3/c1-33(2,32(40)41)30-23-10-9-22-14-16-37(20-25(22)18-23)31(39)26-12-8-21(17-27(26)34)7-5-3-4-6-15-38-29-13-11-24(30)19-28(29)35-36-38/h8-13,17-19,30H,3-7,14-16,20H2,1-2H3,(H,40,41). The van der Waals surface area contributed by atoms with E-state index < -0.39 is 23.1 Å². The minimum Gasteiger partial charge on any atom is -0.481 e. The zero-order chi connectivity index (χ0) is 28.7. The van der Waals surface area contributed by atoms with Crippen molar-refractivity contribution in [1.82, 2.24) is 19.9 Å². The van der Waals surface area contributed by atoms with Gasteiger partial charge in [0.1, 0.15) is 11.3 Å². The molecule has 6 heterocycles. The van der Waals surface area contributed by atoms with E-state index in [1.807, 2.05) is 47.1 Å². The van der Waals surface area contributed by atoms with Crippen molar-refractivity contribution in [2.45, 2.75) is 71.4 Å². The van der Waals surface area contributed by atoms with Crippen LogP contribution in [0.15, 0.2) is 54.6 Å². The Morgan fingerprint density at radius 2 is 1.71 bits per heavy atom. The van der Waals surface area contributed by atoms with Crippen LogP contribution in [0, 0.1) is 11.2 Å². The van der Waals surface area contributed by atoms with Crippen LogP contribution >= 0.6 is 0 Å². The Morgan fingerprint density at radius 1 is 0.927 bits per heavy atom. The normalized spacial score (nSPS) is 18.2. The van der Waals surface area contributed by atoms with Crippen molar-refractivity contribution < 1.29 is 19.1 Å². The highest BCUT2D eigenvalue weighted by Crippen LogP contribution is 2.43. The summed E-state index contributed by atoms with van der Waals surface area (Å²) >= 11 is 0. The largest absolute Gasteiger partial charge is 0.481 e. The maximum Gasteiger partial charge on any atom is 0.310 e. The SMILES string of the molecule is CC(C)(C(=O)O)C1c2ccc3c(c2)CN(CC3)C(=O)c2ccc(cc2F)CCCCCCn2nnc3cc1ccc32. The van der Waals surface area contributed by atoms with Crippen LogP contribution in [0.3, 0.4) is 0 Å². The van der Waals surface area contributed by atoms with Crippen molar-refractivity contribution in [2.75, 3.05) is 6.54 Å². The van der Waals surface area contributed by atoms with Crippen molar-refractivity contribution in [2.24, 2.45) is 5.41 Å². The first-order valence-corrected chi connectivity index (χ1v) is 14.5. The molecule has 0 aliphatic carbocycles. The minimum atomic E-state index is -1.12. The van der Waals surface area contributed by atoms with E-state index in [0.29, 0.717) is 19.5 Å². The number of hydrogen-bond donors (Lipinski definition) is 1. The predicted octanol–water partition coefficient (Wildman–Crippen LogP) is 6.13. The molecule has 41 heavy (non-hydrogen) atoms. The van der Waals surface area contributed by atoms with Crippen molar-refractivity contribution in [3.8, 4) is 0 Å². The van der Waals surface area contributed by atoms with Crippen LogP contribution in [0.25, 0.3) is 11.0 Å². The summed E-state index contributed by atoms with van der Waals surface area (Å²) < 4.78 is 17.0. The van der Waals surface area contributed by atoms with E-state index in [1.165, 1.54) is 6.07 Å². The summed E-state index contributed by atoms with van der Waals surface area (Å²) in [5.41, 5.74) is 5.33. The van der Waals surface area contributed by atoms with Gasteiger partial charge in [-0.25, -0.2) is 9.07 Å². The summed E-state index contributed by atoms with van der Waals surface area (Å²) in [6, 6.07) is 17.0. The Morgan fingerprint density at radius 3 is 2.51 bits per heavy atom. The number of aryl methyl sites for hydroxylation is 2. The third kappa shape index (κ3) is 5.11. The number of aliphatic carboxylic acids is 1. The zero-order valence-corrected chi connectivity index (χ0v) is 23.6. The highest BCUT2D eigenvalue weighted by Gasteiger charge is 2.39. The van der Waals surface area contributed by atoms with E-state index in [4.69, 9.17) is 0 Å². The molecule has 1 unspecified atom stereocenters. The third-order valence-electron chi connectivity index (χ3n) is 8.86. The van der Waals surface area contributed by atoms with Gasteiger partial charge in [-0.1, -0.05) is 48.4 Å². The number of carbonyl (C=O) groups excluding carboxylic acids is 1. The van der Waals surface area contributed by atoms with Gasteiger partial charge in [0.25, 0.3) is 5.91 Å². The van der Waals surface area contributed by atoms with E-state index in [2.05, 4.69) is 10.3 Å². The van der Waals surface area contributed by atoms with Gasteiger partial charge in [-0.2, -0.15) is 0 Å². The van der Waals surface area contributed by atoms with Gasteiger partial charge in [0.05, 0.1) is 16.5 Å². The van der Waals surface area contributed by atoms with E-state index in [-0.39, 0.29) is 11.5 Å². The number of hydrogen-bond acceptors (Lipinski definition) is 4. The lowest BCUT2D eigenvalue weighted by Crippen LogP contribution is -2.37. The number of carbonyl (C=O) groups is 2. The minimum absolute atomic E-state index is 0.0963. The number of carboxylic acids is 1. The first-order valence-electron chi connectivity index (χ1n) is 14.5. The summed E-state index contributed by atoms with van der Waals surface area (Å²) in [7, 11) is 0. The fourth-order valence-corrected chi connectivity index (χ4v) is 6.42. The maximum atomic E-state index is 15.1. The summed E-state index contributed by atoms with van der Waals surface area (Å²) in [5.74, 6) is -2.16. The number of aromatic nitrogens is 3. The van der Waals surface area contributed by atoms with E-state index >= 15 is 4.39 Å². The Kier molecular flexibility index (Phi) is 7.09. The molecule has 1 aromatic heterocycles. The van der Waals surface area contributed by atoms with Crippen molar-refractivity contribution >= 4 is 22.9 Å². The molecular weight excluding hydrogens is 519 g/mol. The molecular formula is C33H35FN4O3. The first-order chi connectivity index (χ1) is 19.7. The van der Waals surface area contributed by atoms with Crippen LogP contribution in [-0.4, -0.2) is 43.4 Å². The summed E-state index contributed by atoms with van der Waals surface area (Å²) in [6.45, 7) is 5.08. The molecule has 1 N–H and O–H groups in total. The number of benzene rings is 3. The lowest BCUT2D eigenvalue weighted by molar-refractivity contribution is -0.147. The molecule has 9 rings (SSSR count). The van der Waals surface area contributed by atoms with Gasteiger partial charge >= 0.3 is 5.97 Å². The van der Waals surface area contributed by atoms with Crippen LogP contribution in [0.5, 0.6) is 0 Å². The van der Waals surface area contributed by atoms with Crippen LogP contribution in [-0.2, 0) is 30.7 Å². The zero-order valence-electron chi connectivity index (χ0n) is 23.6. The number of halogens is 1. The second kappa shape index (κ2) is 10.7. The monoisotopic (exact) mass is 554 g/mol. The summed E-state index contributed by atoms with van der Waals surface area (Å²) in [6.07, 6.45) is 5.35. The van der Waals surface area contributed by atoms with E-state index in [9.17, 15) is 14.7 Å². The van der Waals surface area contributed by atoms with Gasteiger partial charge < -0.3 is 10.0 Å². The average Bonchev–Trinajstić information content (AvgIpc) is 3.36. The topological polar surface area (TPSA) is 88.3 Å². The molecule has 5 aliphatic rings. The smallest absolute Gasteiger partial charge is 0.310 e. The molecule has 0 saturated heterocycles. The van der Waals surface area contributed by atoms with Crippen LogP contribution in [0.2, 0.25) is 0 Å².